The van der Waals surface area contributed by atoms with Crippen molar-refractivity contribution in [2.45, 2.75) is 27.7 Å². The zero-order valence-corrected chi connectivity index (χ0v) is 51.7. The van der Waals surface area contributed by atoms with Crippen molar-refractivity contribution >= 4 is 92.5 Å². The largest absolute Gasteiger partial charge is 0.280 e. The van der Waals surface area contributed by atoms with Gasteiger partial charge in [-0.1, -0.05) is 211 Å². The Labute approximate surface area is 537 Å². The molecule has 6 aliphatic rings. The molecule has 6 amide bonds. The molecule has 3 atom stereocenters. The second-order valence-corrected chi connectivity index (χ2v) is 22.5. The van der Waals surface area contributed by atoms with Gasteiger partial charge in [-0.05, 0) is 87.4 Å². The van der Waals surface area contributed by atoms with Crippen LogP contribution in [0.3, 0.4) is 0 Å². The van der Waals surface area contributed by atoms with Crippen LogP contribution < -0.4 is 20.0 Å². The minimum atomic E-state index is -0.758. The Hall–Kier alpha value is -12.2. The number of rotatable bonds is 11. The van der Waals surface area contributed by atoms with E-state index in [9.17, 15) is 28.8 Å². The molecule has 14 rings (SSSR count). The highest BCUT2D eigenvalue weighted by molar-refractivity contribution is 6.37. The number of carbonyl (C=O) groups excluding carboxylic acids is 6. The quantitative estimate of drug-likeness (QED) is 0.115. The fourth-order valence-corrected chi connectivity index (χ4v) is 11.1. The first-order valence-corrected chi connectivity index (χ1v) is 30.1. The second-order valence-electron chi connectivity index (χ2n) is 22.5. The van der Waals surface area contributed by atoms with E-state index in [1.807, 2.05) is 244 Å². The topological polar surface area (TPSA) is 196 Å². The van der Waals surface area contributed by atoms with E-state index in [0.29, 0.717) is 73.7 Å². The summed E-state index contributed by atoms with van der Waals surface area (Å²) in [4.78, 5) is 78.9. The third kappa shape index (κ3) is 12.6. The summed E-state index contributed by atoms with van der Waals surface area (Å²) in [6.07, 6.45) is 5.09. The van der Waals surface area contributed by atoms with Crippen LogP contribution in [-0.4, -0.2) is 93.8 Å². The van der Waals surface area contributed by atoms with Gasteiger partial charge in [0.1, 0.15) is 23.3 Å². The van der Waals surface area contributed by atoms with Gasteiger partial charge in [0.2, 0.25) is 0 Å². The van der Waals surface area contributed by atoms with E-state index in [1.165, 1.54) is 30.1 Å². The lowest BCUT2D eigenvalue weighted by Gasteiger charge is -2.14. The molecule has 0 spiro atoms. The highest BCUT2D eigenvalue weighted by atomic mass is 16.2. The molecule has 0 saturated carbocycles. The van der Waals surface area contributed by atoms with Crippen molar-refractivity contribution in [3.63, 3.8) is 0 Å². The van der Waals surface area contributed by atoms with Crippen molar-refractivity contribution in [1.29, 1.82) is 0 Å². The molecule has 8 aromatic carbocycles. The van der Waals surface area contributed by atoms with Crippen LogP contribution in [0.1, 0.15) is 47.2 Å². The van der Waals surface area contributed by atoms with Crippen molar-refractivity contribution in [2.75, 3.05) is 34.1 Å². The first kappa shape index (κ1) is 61.1. The van der Waals surface area contributed by atoms with Crippen LogP contribution in [0.15, 0.2) is 296 Å². The first-order chi connectivity index (χ1) is 45.1. The van der Waals surface area contributed by atoms with Crippen molar-refractivity contribution in [3.05, 3.63) is 299 Å². The Morgan fingerprint density at radius 3 is 1.16 bits per heavy atom. The highest BCUT2D eigenvalue weighted by Crippen LogP contribution is 2.34. The van der Waals surface area contributed by atoms with Crippen molar-refractivity contribution in [2.24, 2.45) is 48.4 Å². The zero-order valence-electron chi connectivity index (χ0n) is 51.7. The highest BCUT2D eigenvalue weighted by Gasteiger charge is 2.42. The van der Waals surface area contributed by atoms with Crippen molar-refractivity contribution in [3.8, 4) is 0 Å². The summed E-state index contributed by atoms with van der Waals surface area (Å²) in [6, 6.07) is 71.9. The number of para-hydroxylation sites is 2. The molecule has 8 aromatic rings. The van der Waals surface area contributed by atoms with Gasteiger partial charge in [0.05, 0.1) is 68.2 Å². The number of nitrogens with zero attached hydrogens (tertiary/aromatic N) is 12. The van der Waals surface area contributed by atoms with Gasteiger partial charge in [0.15, 0.2) is 0 Å². The maximum atomic E-state index is 13.8. The van der Waals surface area contributed by atoms with Gasteiger partial charge in [-0.2, -0.15) is 50.6 Å². The lowest BCUT2D eigenvalue weighted by molar-refractivity contribution is -0.129. The third-order valence-corrected chi connectivity index (χ3v) is 16.1. The lowest BCUT2D eigenvalue weighted by atomic mass is 9.92. The van der Waals surface area contributed by atoms with E-state index in [4.69, 9.17) is 10.2 Å². The van der Waals surface area contributed by atoms with Crippen LogP contribution >= 0.6 is 0 Å². The fraction of sp³-hybridized carbons (Fsp3) is 0.120. The normalized spacial score (nSPS) is 19.8. The summed E-state index contributed by atoms with van der Waals surface area (Å²) in [7, 11) is 3.24. The van der Waals surface area contributed by atoms with E-state index in [2.05, 4.69) is 20.4 Å². The van der Waals surface area contributed by atoms with E-state index in [1.54, 1.807) is 46.2 Å². The van der Waals surface area contributed by atoms with E-state index in [0.717, 1.165) is 33.4 Å². The summed E-state index contributed by atoms with van der Waals surface area (Å²) < 4.78 is 0. The monoisotopic (exact) mass is 1230 g/mol. The van der Waals surface area contributed by atoms with Crippen molar-refractivity contribution in [1.82, 2.24) is 10.0 Å². The maximum Gasteiger partial charge on any atom is 0.280 e. The molecule has 18 heteroatoms. The van der Waals surface area contributed by atoms with Crippen LogP contribution in [0.25, 0.3) is 0 Å². The van der Waals surface area contributed by atoms with E-state index >= 15 is 0 Å². The first-order valence-electron chi connectivity index (χ1n) is 30.1. The molecule has 0 aromatic heterocycles. The number of likely N-dealkylation sites (N-methyl/N-ethyl adjacent to an activating group) is 1. The minimum absolute atomic E-state index is 0.170. The molecule has 3 unspecified atom stereocenters. The zero-order chi connectivity index (χ0) is 64.9. The number of hydrazone groups is 6. The standard InChI is InChI=1S/C31H22N4O2.C23H22N4O2.C21H18N4O2/c36-30-26(28(22-13-5-1-6-14-22)32-34(30)24-17-9-3-10-18-24)21-27-29(23-15-7-2-8-16-23)33-35(31(27)37)25-19-11-4-12-20-25;1-14-5-9-18(10-6-14)26-22(28)20(16(3)24-26)13-21-17(4)25-27(23(21)29)19-11-7-15(2)8-12-19;1-24-20(26)16(18(22-24)14-9-5-3-6-10-14)13-17-19(23-25(2)21(17)27)15-11-7-4-8-12-15/h1-21,26H;5-13,20H,1-4H3;3-13,16H,1-2H3/b27-21-;21-13-;17-13-. The van der Waals surface area contributed by atoms with Crippen molar-refractivity contribution < 1.29 is 28.8 Å². The molecule has 0 bridgehead atoms. The molecule has 6 aliphatic heterocycles. The Morgan fingerprint density at radius 1 is 0.301 bits per heavy atom. The van der Waals surface area contributed by atoms with Gasteiger partial charge in [-0.3, -0.25) is 28.8 Å². The average molecular weight is 1230 g/mol. The SMILES string of the molecule is CC1=NN(c2ccc(C)cc2)C(=O)/C1=C\C1C(=O)N(c2ccc(C)cc2)N=C1C.CN1N=C(c2ccccc2)/C(=C/C2C(=O)N(C)N=C2c2ccccc2)C1=O.O=C1/C(=C\C2C(=O)N(c3ccccc3)N=C2c2ccccc2)C(c2ccccc2)=NN1c1ccccc1. The van der Waals surface area contributed by atoms with Gasteiger partial charge in [0.25, 0.3) is 35.4 Å². The summed E-state index contributed by atoms with van der Waals surface area (Å²) >= 11 is 0. The predicted molar refractivity (Wildman–Crippen MR) is 364 cm³/mol. The Bertz CT molecular complexity index is 4530. The van der Waals surface area contributed by atoms with Crippen LogP contribution in [0.5, 0.6) is 0 Å². The summed E-state index contributed by atoms with van der Waals surface area (Å²) in [6.45, 7) is 7.56. The Balaban J connectivity index is 0.000000136. The number of aryl methyl sites for hydroxylation is 2. The molecule has 0 N–H and O–H groups in total. The Kier molecular flexibility index (Phi) is 17.4. The van der Waals surface area contributed by atoms with E-state index in [-0.39, 0.29) is 35.4 Å². The predicted octanol–water partition coefficient (Wildman–Crippen LogP) is 11.7. The molecule has 0 radical (unpaired) electrons. The van der Waals surface area contributed by atoms with Crippen LogP contribution in [0.2, 0.25) is 0 Å². The molecular formula is C75H62N12O6. The number of amides is 6. The molecule has 18 nitrogen and oxygen atoms in total. The Morgan fingerprint density at radius 2 is 0.656 bits per heavy atom. The summed E-state index contributed by atoms with van der Waals surface area (Å²) in [5.41, 5.74) is 13.0. The average Bonchev–Trinajstić information content (AvgIpc) is 1.71. The smallest absolute Gasteiger partial charge is 0.272 e. The second kappa shape index (κ2) is 26.5. The minimum Gasteiger partial charge on any atom is -0.272 e. The van der Waals surface area contributed by atoms with Crippen LogP contribution in [-0.2, 0) is 28.8 Å². The van der Waals surface area contributed by atoms with Crippen LogP contribution in [0.4, 0.5) is 22.7 Å². The number of anilines is 4. The molecular weight excluding hydrogens is 1160 g/mol. The van der Waals surface area contributed by atoms with Gasteiger partial charge in [0, 0.05) is 25.2 Å². The fourth-order valence-electron chi connectivity index (χ4n) is 11.1. The third-order valence-electron chi connectivity index (χ3n) is 16.1. The van der Waals surface area contributed by atoms with Crippen LogP contribution in [0, 0.1) is 31.6 Å². The molecule has 6 heterocycles. The number of benzene rings is 8. The lowest BCUT2D eigenvalue weighted by Crippen LogP contribution is -2.28. The number of hydrogen-bond acceptors (Lipinski definition) is 12. The van der Waals surface area contributed by atoms with Gasteiger partial charge >= 0.3 is 0 Å². The maximum absolute atomic E-state index is 13.8. The molecule has 0 aliphatic carbocycles. The van der Waals surface area contributed by atoms with Gasteiger partial charge in [-0.25, -0.2) is 10.0 Å². The van der Waals surface area contributed by atoms with E-state index < -0.39 is 17.8 Å². The van der Waals surface area contributed by atoms with Gasteiger partial charge < -0.3 is 0 Å². The molecule has 458 valence electrons. The summed E-state index contributed by atoms with van der Waals surface area (Å²) in [5, 5.41) is 35.2. The van der Waals surface area contributed by atoms with Gasteiger partial charge in [-0.15, -0.1) is 0 Å². The molecule has 93 heavy (non-hydrogen) atoms. The molecule has 0 fully saturated rings. The molecule has 0 saturated heterocycles. The number of hydrogen-bond donors (Lipinski definition) is 0. The summed E-state index contributed by atoms with van der Waals surface area (Å²) in [5.74, 6) is -3.30. The number of carbonyl (C=O) groups is 6.